The van der Waals surface area contributed by atoms with Gasteiger partial charge in [-0.2, -0.15) is 5.10 Å². The van der Waals surface area contributed by atoms with Gasteiger partial charge in [-0.1, -0.05) is 17.7 Å². The van der Waals surface area contributed by atoms with Crippen LogP contribution in [-0.2, 0) is 7.05 Å². The molecule has 2 rings (SSSR count). The summed E-state index contributed by atoms with van der Waals surface area (Å²) in [4.78, 5) is 4.02. The summed E-state index contributed by atoms with van der Waals surface area (Å²) in [5, 5.41) is 4.57. The molecular formula is C10H12ClN5. The zero-order valence-electron chi connectivity index (χ0n) is 8.76. The molecule has 0 amide bonds. The molecule has 0 saturated carbocycles. The van der Waals surface area contributed by atoms with E-state index >= 15 is 0 Å². The summed E-state index contributed by atoms with van der Waals surface area (Å²) in [7, 11) is 1.86. The van der Waals surface area contributed by atoms with Crippen molar-refractivity contribution in [3.05, 3.63) is 47.0 Å². The van der Waals surface area contributed by atoms with Gasteiger partial charge in [0.05, 0.1) is 12.2 Å². The molecule has 0 radical (unpaired) electrons. The maximum atomic E-state index is 5.73. The molecule has 16 heavy (non-hydrogen) atoms. The number of hydrazine groups is 1. The summed E-state index contributed by atoms with van der Waals surface area (Å²) in [6.07, 6.45) is 5.36. The Kier molecular flexibility index (Phi) is 3.19. The van der Waals surface area contributed by atoms with Crippen molar-refractivity contribution in [2.45, 2.75) is 6.04 Å². The van der Waals surface area contributed by atoms with Gasteiger partial charge in [0, 0.05) is 25.0 Å². The number of nitrogens with zero attached hydrogens (tertiary/aromatic N) is 3. The summed E-state index contributed by atoms with van der Waals surface area (Å²) < 4.78 is 1.73. The van der Waals surface area contributed by atoms with Crippen LogP contribution in [-0.4, -0.2) is 14.8 Å². The summed E-state index contributed by atoms with van der Waals surface area (Å²) in [6, 6.07) is 3.49. The fourth-order valence-corrected chi connectivity index (χ4v) is 1.64. The van der Waals surface area contributed by atoms with E-state index in [-0.39, 0.29) is 6.04 Å². The summed E-state index contributed by atoms with van der Waals surface area (Å²) >= 11 is 5.73. The van der Waals surface area contributed by atoms with Gasteiger partial charge in [-0.3, -0.25) is 10.5 Å². The monoisotopic (exact) mass is 237 g/mol. The smallest absolute Gasteiger partial charge is 0.129 e. The summed E-state index contributed by atoms with van der Waals surface area (Å²) in [5.74, 6) is 5.54. The van der Waals surface area contributed by atoms with Crippen LogP contribution in [0.2, 0.25) is 5.15 Å². The Balaban J connectivity index is 2.32. The molecule has 6 heteroatoms. The highest BCUT2D eigenvalue weighted by Crippen LogP contribution is 2.20. The lowest BCUT2D eigenvalue weighted by molar-refractivity contribution is 0.633. The number of aryl methyl sites for hydroxylation is 1. The van der Waals surface area contributed by atoms with E-state index in [1.165, 1.54) is 0 Å². The van der Waals surface area contributed by atoms with Crippen LogP contribution >= 0.6 is 11.6 Å². The molecule has 0 aliphatic carbocycles. The van der Waals surface area contributed by atoms with Gasteiger partial charge in [-0.15, -0.1) is 0 Å². The van der Waals surface area contributed by atoms with Crippen LogP contribution in [0.1, 0.15) is 17.2 Å². The van der Waals surface area contributed by atoms with Gasteiger partial charge in [0.25, 0.3) is 0 Å². The molecular weight excluding hydrogens is 226 g/mol. The lowest BCUT2D eigenvalue weighted by Crippen LogP contribution is -2.28. The van der Waals surface area contributed by atoms with Crippen LogP contribution in [0.3, 0.4) is 0 Å². The molecule has 0 aliphatic heterocycles. The topological polar surface area (TPSA) is 68.8 Å². The average molecular weight is 238 g/mol. The Hall–Kier alpha value is -1.43. The second kappa shape index (κ2) is 4.61. The average Bonchev–Trinajstić information content (AvgIpc) is 2.69. The van der Waals surface area contributed by atoms with Crippen molar-refractivity contribution in [3.63, 3.8) is 0 Å². The van der Waals surface area contributed by atoms with E-state index < -0.39 is 0 Å². The zero-order valence-corrected chi connectivity index (χ0v) is 9.52. The van der Waals surface area contributed by atoms with E-state index in [1.54, 1.807) is 23.1 Å². The SMILES string of the molecule is Cn1cc(C(NN)c2ccc(Cl)nc2)cn1. The normalized spacial score (nSPS) is 12.7. The van der Waals surface area contributed by atoms with E-state index in [4.69, 9.17) is 17.4 Å². The van der Waals surface area contributed by atoms with Crippen LogP contribution in [0.5, 0.6) is 0 Å². The van der Waals surface area contributed by atoms with Gasteiger partial charge in [0.1, 0.15) is 5.15 Å². The number of halogens is 1. The van der Waals surface area contributed by atoms with Crippen LogP contribution in [0, 0.1) is 0 Å². The molecule has 3 N–H and O–H groups in total. The van der Waals surface area contributed by atoms with Gasteiger partial charge in [-0.25, -0.2) is 10.4 Å². The molecule has 0 bridgehead atoms. The molecule has 0 fully saturated rings. The quantitative estimate of drug-likeness (QED) is 0.475. The zero-order chi connectivity index (χ0) is 11.5. The molecule has 1 unspecified atom stereocenters. The molecule has 2 heterocycles. The predicted octanol–water partition coefficient (Wildman–Crippen LogP) is 1.02. The van der Waals surface area contributed by atoms with Gasteiger partial charge < -0.3 is 0 Å². The molecule has 2 aromatic heterocycles. The number of aromatic nitrogens is 3. The number of pyridine rings is 1. The van der Waals surface area contributed by atoms with Gasteiger partial charge in [0.2, 0.25) is 0 Å². The number of nitrogens with one attached hydrogen (secondary N) is 1. The van der Waals surface area contributed by atoms with E-state index in [1.807, 2.05) is 19.3 Å². The number of rotatable bonds is 3. The van der Waals surface area contributed by atoms with E-state index in [9.17, 15) is 0 Å². The van der Waals surface area contributed by atoms with Crippen molar-refractivity contribution in [2.75, 3.05) is 0 Å². The van der Waals surface area contributed by atoms with Crippen LogP contribution in [0.15, 0.2) is 30.7 Å². The van der Waals surface area contributed by atoms with Crippen LogP contribution in [0.4, 0.5) is 0 Å². The number of hydrogen-bond acceptors (Lipinski definition) is 4. The maximum absolute atomic E-state index is 5.73. The minimum atomic E-state index is -0.126. The lowest BCUT2D eigenvalue weighted by Gasteiger charge is -2.13. The third-order valence-corrected chi connectivity index (χ3v) is 2.53. The van der Waals surface area contributed by atoms with Gasteiger partial charge in [-0.05, 0) is 11.6 Å². The molecule has 0 saturated heterocycles. The Morgan fingerprint density at radius 1 is 1.38 bits per heavy atom. The van der Waals surface area contributed by atoms with Gasteiger partial charge >= 0.3 is 0 Å². The third-order valence-electron chi connectivity index (χ3n) is 2.31. The summed E-state index contributed by atoms with van der Waals surface area (Å²) in [6.45, 7) is 0. The van der Waals surface area contributed by atoms with Crippen molar-refractivity contribution in [3.8, 4) is 0 Å². The van der Waals surface area contributed by atoms with E-state index in [0.717, 1.165) is 11.1 Å². The molecule has 1 atom stereocenters. The highest BCUT2D eigenvalue weighted by molar-refractivity contribution is 6.29. The standard InChI is InChI=1S/C10H12ClN5/c1-16-6-8(5-14-16)10(15-12)7-2-3-9(11)13-4-7/h2-6,10,15H,12H2,1H3. The first kappa shape index (κ1) is 11.1. The largest absolute Gasteiger partial charge is 0.275 e. The second-order valence-corrected chi connectivity index (χ2v) is 3.85. The first-order valence-electron chi connectivity index (χ1n) is 4.77. The first-order chi connectivity index (χ1) is 7.70. The van der Waals surface area contributed by atoms with Crippen molar-refractivity contribution < 1.29 is 0 Å². The second-order valence-electron chi connectivity index (χ2n) is 3.46. The van der Waals surface area contributed by atoms with Gasteiger partial charge in [0.15, 0.2) is 0 Å². The highest BCUT2D eigenvalue weighted by Gasteiger charge is 2.14. The number of nitrogens with two attached hydrogens (primary N) is 1. The lowest BCUT2D eigenvalue weighted by atomic mass is 10.0. The van der Waals surface area contributed by atoms with E-state index in [0.29, 0.717) is 5.15 Å². The fourth-order valence-electron chi connectivity index (χ4n) is 1.53. The molecule has 0 aliphatic rings. The minimum Gasteiger partial charge on any atom is -0.275 e. The Morgan fingerprint density at radius 2 is 2.19 bits per heavy atom. The minimum absolute atomic E-state index is 0.126. The molecule has 84 valence electrons. The molecule has 2 aromatic rings. The Labute approximate surface area is 98.2 Å². The Morgan fingerprint density at radius 3 is 2.69 bits per heavy atom. The fraction of sp³-hybridized carbons (Fsp3) is 0.200. The van der Waals surface area contributed by atoms with Crippen LogP contribution < -0.4 is 11.3 Å². The van der Waals surface area contributed by atoms with Crippen molar-refractivity contribution in [1.82, 2.24) is 20.2 Å². The summed E-state index contributed by atoms with van der Waals surface area (Å²) in [5.41, 5.74) is 4.66. The molecule has 0 spiro atoms. The van der Waals surface area contributed by atoms with Crippen LogP contribution in [0.25, 0.3) is 0 Å². The number of hydrogen-bond donors (Lipinski definition) is 2. The molecule has 5 nitrogen and oxygen atoms in total. The third kappa shape index (κ3) is 2.21. The van der Waals surface area contributed by atoms with Crippen molar-refractivity contribution in [1.29, 1.82) is 0 Å². The highest BCUT2D eigenvalue weighted by atomic mass is 35.5. The van der Waals surface area contributed by atoms with Crippen molar-refractivity contribution in [2.24, 2.45) is 12.9 Å². The molecule has 0 aromatic carbocycles. The first-order valence-corrected chi connectivity index (χ1v) is 5.14. The van der Waals surface area contributed by atoms with E-state index in [2.05, 4.69) is 15.5 Å². The predicted molar refractivity (Wildman–Crippen MR) is 61.6 cm³/mol. The maximum Gasteiger partial charge on any atom is 0.129 e. The Bertz CT molecular complexity index is 464. The van der Waals surface area contributed by atoms with Crippen molar-refractivity contribution >= 4 is 11.6 Å².